The summed E-state index contributed by atoms with van der Waals surface area (Å²) in [6.07, 6.45) is 8.73. The highest BCUT2D eigenvalue weighted by molar-refractivity contribution is 4.67. The highest BCUT2D eigenvalue weighted by Gasteiger charge is 2.16. The molecule has 0 aromatic rings. The molecule has 0 heterocycles. The van der Waals surface area contributed by atoms with Gasteiger partial charge in [0.25, 0.3) is 0 Å². The van der Waals surface area contributed by atoms with Crippen molar-refractivity contribution < 1.29 is 10.2 Å². The Morgan fingerprint density at radius 3 is 2.07 bits per heavy atom. The average molecular weight is 216 g/mol. The molecule has 0 aliphatic rings. The van der Waals surface area contributed by atoms with Crippen molar-refractivity contribution in [3.05, 3.63) is 0 Å². The first-order valence-corrected chi connectivity index (χ1v) is 6.55. The van der Waals surface area contributed by atoms with Gasteiger partial charge >= 0.3 is 0 Å². The molecule has 0 aromatic carbocycles. The van der Waals surface area contributed by atoms with E-state index in [0.717, 1.165) is 25.7 Å². The number of aliphatic hydroxyl groups excluding tert-OH is 2. The summed E-state index contributed by atoms with van der Waals surface area (Å²) in [5.41, 5.74) is 0. The van der Waals surface area contributed by atoms with Crippen LogP contribution in [0.15, 0.2) is 0 Å². The standard InChI is InChI=1S/C13H28O2/c1-3-5-6-7-8-10-12(11-14)13(15)9-4-2/h12-15H,3-11H2,1-2H3. The van der Waals surface area contributed by atoms with Gasteiger partial charge < -0.3 is 10.2 Å². The minimum atomic E-state index is -0.300. The van der Waals surface area contributed by atoms with E-state index in [9.17, 15) is 5.11 Å². The van der Waals surface area contributed by atoms with Gasteiger partial charge in [-0.15, -0.1) is 0 Å². The lowest BCUT2D eigenvalue weighted by molar-refractivity contribution is 0.0543. The number of unbranched alkanes of at least 4 members (excludes halogenated alkanes) is 4. The zero-order chi connectivity index (χ0) is 11.5. The van der Waals surface area contributed by atoms with Crippen molar-refractivity contribution in [2.24, 2.45) is 5.92 Å². The third-order valence-electron chi connectivity index (χ3n) is 3.04. The van der Waals surface area contributed by atoms with Crippen molar-refractivity contribution in [3.8, 4) is 0 Å². The maximum atomic E-state index is 9.75. The molecule has 0 aromatic heterocycles. The number of rotatable bonds is 10. The molecule has 2 N–H and O–H groups in total. The molecule has 0 bridgehead atoms. The first kappa shape index (κ1) is 14.9. The number of aliphatic hydroxyl groups is 2. The first-order chi connectivity index (χ1) is 7.26. The maximum Gasteiger partial charge on any atom is 0.0590 e. The van der Waals surface area contributed by atoms with Crippen molar-refractivity contribution in [1.29, 1.82) is 0 Å². The third kappa shape index (κ3) is 7.80. The van der Waals surface area contributed by atoms with Gasteiger partial charge in [-0.25, -0.2) is 0 Å². The summed E-state index contributed by atoms with van der Waals surface area (Å²) in [7, 11) is 0. The quantitative estimate of drug-likeness (QED) is 0.551. The Balaban J connectivity index is 3.51. The van der Waals surface area contributed by atoms with Gasteiger partial charge in [-0.3, -0.25) is 0 Å². The molecule has 92 valence electrons. The van der Waals surface area contributed by atoms with Gasteiger partial charge in [-0.2, -0.15) is 0 Å². The van der Waals surface area contributed by atoms with Crippen LogP contribution in [0, 0.1) is 5.92 Å². The molecule has 0 spiro atoms. The monoisotopic (exact) mass is 216 g/mol. The van der Waals surface area contributed by atoms with Gasteiger partial charge in [0.2, 0.25) is 0 Å². The summed E-state index contributed by atoms with van der Waals surface area (Å²) >= 11 is 0. The fourth-order valence-electron chi connectivity index (χ4n) is 1.95. The Kier molecular flexibility index (Phi) is 10.4. The van der Waals surface area contributed by atoms with Gasteiger partial charge in [0, 0.05) is 12.5 Å². The second kappa shape index (κ2) is 10.4. The summed E-state index contributed by atoms with van der Waals surface area (Å²) in [4.78, 5) is 0. The molecule has 2 atom stereocenters. The minimum Gasteiger partial charge on any atom is -0.396 e. The van der Waals surface area contributed by atoms with E-state index in [-0.39, 0.29) is 18.6 Å². The predicted molar refractivity (Wildman–Crippen MR) is 64.9 cm³/mol. The molecule has 0 radical (unpaired) electrons. The lowest BCUT2D eigenvalue weighted by Crippen LogP contribution is -2.23. The van der Waals surface area contributed by atoms with E-state index in [0.29, 0.717) is 0 Å². The molecule has 0 saturated carbocycles. The molecule has 0 fully saturated rings. The predicted octanol–water partition coefficient (Wildman–Crippen LogP) is 3.12. The Hall–Kier alpha value is -0.0800. The topological polar surface area (TPSA) is 40.5 Å². The summed E-state index contributed by atoms with van der Waals surface area (Å²) in [6, 6.07) is 0. The molecular formula is C13H28O2. The summed E-state index contributed by atoms with van der Waals surface area (Å²) in [5.74, 6) is 0.103. The SMILES string of the molecule is CCCCCCCC(CO)C(O)CCC. The smallest absolute Gasteiger partial charge is 0.0590 e. The van der Waals surface area contributed by atoms with Gasteiger partial charge in [0.1, 0.15) is 0 Å². The molecule has 15 heavy (non-hydrogen) atoms. The highest BCUT2D eigenvalue weighted by atomic mass is 16.3. The Bertz CT molecular complexity index is 126. The van der Waals surface area contributed by atoms with Gasteiger partial charge in [0.15, 0.2) is 0 Å². The fourth-order valence-corrected chi connectivity index (χ4v) is 1.95. The third-order valence-corrected chi connectivity index (χ3v) is 3.04. The molecule has 0 amide bonds. The van der Waals surface area contributed by atoms with E-state index in [2.05, 4.69) is 13.8 Å². The Morgan fingerprint density at radius 2 is 1.53 bits per heavy atom. The zero-order valence-electron chi connectivity index (χ0n) is 10.4. The van der Waals surface area contributed by atoms with Gasteiger partial charge in [0.05, 0.1) is 6.10 Å². The van der Waals surface area contributed by atoms with Gasteiger partial charge in [-0.05, 0) is 12.8 Å². The number of hydrogen-bond acceptors (Lipinski definition) is 2. The second-order valence-corrected chi connectivity index (χ2v) is 4.50. The van der Waals surface area contributed by atoms with E-state index < -0.39 is 0 Å². The van der Waals surface area contributed by atoms with Crippen molar-refractivity contribution in [3.63, 3.8) is 0 Å². The summed E-state index contributed by atoms with van der Waals surface area (Å²) in [6.45, 7) is 4.41. The molecule has 0 saturated heterocycles. The van der Waals surface area contributed by atoms with Crippen LogP contribution in [0.3, 0.4) is 0 Å². The molecule has 2 unspecified atom stereocenters. The normalized spacial score (nSPS) is 15.2. The Morgan fingerprint density at radius 1 is 0.867 bits per heavy atom. The van der Waals surface area contributed by atoms with Crippen molar-refractivity contribution in [2.45, 2.75) is 71.3 Å². The van der Waals surface area contributed by atoms with Crippen LogP contribution in [0.1, 0.15) is 65.2 Å². The second-order valence-electron chi connectivity index (χ2n) is 4.50. The number of hydrogen-bond donors (Lipinski definition) is 2. The lowest BCUT2D eigenvalue weighted by Gasteiger charge is -2.20. The van der Waals surface area contributed by atoms with Crippen LogP contribution in [-0.2, 0) is 0 Å². The van der Waals surface area contributed by atoms with Crippen molar-refractivity contribution >= 4 is 0 Å². The van der Waals surface area contributed by atoms with Crippen LogP contribution in [0.2, 0.25) is 0 Å². The van der Waals surface area contributed by atoms with Crippen molar-refractivity contribution in [2.75, 3.05) is 6.61 Å². The van der Waals surface area contributed by atoms with Crippen LogP contribution in [-0.4, -0.2) is 22.9 Å². The maximum absolute atomic E-state index is 9.75. The van der Waals surface area contributed by atoms with Gasteiger partial charge in [-0.1, -0.05) is 52.4 Å². The highest BCUT2D eigenvalue weighted by Crippen LogP contribution is 2.17. The van der Waals surface area contributed by atoms with E-state index in [1.165, 1.54) is 25.7 Å². The summed E-state index contributed by atoms with van der Waals surface area (Å²) < 4.78 is 0. The van der Waals surface area contributed by atoms with E-state index >= 15 is 0 Å². The molecule has 0 rings (SSSR count). The lowest BCUT2D eigenvalue weighted by atomic mass is 9.93. The molecule has 0 aliphatic heterocycles. The molecule has 2 heteroatoms. The largest absolute Gasteiger partial charge is 0.396 e. The first-order valence-electron chi connectivity index (χ1n) is 6.55. The van der Waals surface area contributed by atoms with E-state index in [4.69, 9.17) is 5.11 Å². The minimum absolute atomic E-state index is 0.103. The van der Waals surface area contributed by atoms with Crippen LogP contribution < -0.4 is 0 Å². The van der Waals surface area contributed by atoms with Crippen LogP contribution in [0.4, 0.5) is 0 Å². The summed E-state index contributed by atoms with van der Waals surface area (Å²) in [5, 5.41) is 18.9. The van der Waals surface area contributed by atoms with Crippen LogP contribution >= 0.6 is 0 Å². The van der Waals surface area contributed by atoms with Crippen molar-refractivity contribution in [1.82, 2.24) is 0 Å². The van der Waals surface area contributed by atoms with E-state index in [1.807, 2.05) is 0 Å². The molecule has 0 aliphatic carbocycles. The fraction of sp³-hybridized carbons (Fsp3) is 1.00. The van der Waals surface area contributed by atoms with Crippen LogP contribution in [0.5, 0.6) is 0 Å². The Labute approximate surface area is 94.7 Å². The molecular weight excluding hydrogens is 188 g/mol. The molecule has 2 nitrogen and oxygen atoms in total. The zero-order valence-corrected chi connectivity index (χ0v) is 10.4. The van der Waals surface area contributed by atoms with Crippen LogP contribution in [0.25, 0.3) is 0 Å². The average Bonchev–Trinajstić information content (AvgIpc) is 2.23. The van der Waals surface area contributed by atoms with E-state index in [1.54, 1.807) is 0 Å².